The lowest BCUT2D eigenvalue weighted by atomic mass is 10.1. The molecule has 1 heterocycles. The first kappa shape index (κ1) is 28.8. The van der Waals surface area contributed by atoms with Gasteiger partial charge in [-0.05, 0) is 60.7 Å². The van der Waals surface area contributed by atoms with Gasteiger partial charge < -0.3 is 10.1 Å². The molecule has 1 aliphatic heterocycles. The Hall–Kier alpha value is -3.17. The highest BCUT2D eigenvalue weighted by Crippen LogP contribution is 2.31. The quantitative estimate of drug-likeness (QED) is 0.412. The third-order valence-corrected chi connectivity index (χ3v) is 9.17. The lowest BCUT2D eigenvalue weighted by Crippen LogP contribution is -2.40. The number of amides is 1. The summed E-state index contributed by atoms with van der Waals surface area (Å²) >= 11 is 6.01. The molecule has 0 aromatic heterocycles. The van der Waals surface area contributed by atoms with E-state index in [1.54, 1.807) is 0 Å². The molecule has 0 saturated carbocycles. The molecule has 0 spiro atoms. The van der Waals surface area contributed by atoms with Crippen molar-refractivity contribution in [3.05, 3.63) is 82.9 Å². The molecule has 0 radical (unpaired) electrons. The Morgan fingerprint density at radius 1 is 0.897 bits per heavy atom. The van der Waals surface area contributed by atoms with Crippen molar-refractivity contribution in [2.75, 3.05) is 36.3 Å². The number of morpholine rings is 1. The highest BCUT2D eigenvalue weighted by Gasteiger charge is 2.32. The van der Waals surface area contributed by atoms with E-state index in [9.17, 15) is 34.8 Å². The van der Waals surface area contributed by atoms with E-state index in [0.29, 0.717) is 6.07 Å². The number of nitrogens with zero attached hydrogens (tertiary/aromatic N) is 1. The summed E-state index contributed by atoms with van der Waals surface area (Å²) in [6.07, 6.45) is -4.76. The molecule has 0 unspecified atom stereocenters. The monoisotopic (exact) mass is 603 g/mol. The van der Waals surface area contributed by atoms with Gasteiger partial charge in [-0.2, -0.15) is 17.5 Å². The van der Waals surface area contributed by atoms with Crippen molar-refractivity contribution in [2.24, 2.45) is 0 Å². The van der Waals surface area contributed by atoms with Crippen molar-refractivity contribution in [1.29, 1.82) is 0 Å². The van der Waals surface area contributed by atoms with Crippen LogP contribution in [0.2, 0.25) is 5.02 Å². The van der Waals surface area contributed by atoms with Crippen molar-refractivity contribution >= 4 is 48.9 Å². The lowest BCUT2D eigenvalue weighted by molar-refractivity contribution is -0.137. The van der Waals surface area contributed by atoms with Crippen molar-refractivity contribution < 1.29 is 39.5 Å². The van der Waals surface area contributed by atoms with E-state index >= 15 is 0 Å². The zero-order chi connectivity index (χ0) is 28.4. The van der Waals surface area contributed by atoms with Crippen molar-refractivity contribution in [1.82, 2.24) is 4.31 Å². The maximum absolute atomic E-state index is 13.1. The Balaban J connectivity index is 1.55. The van der Waals surface area contributed by atoms with Gasteiger partial charge in [-0.3, -0.25) is 9.52 Å². The molecule has 1 fully saturated rings. The van der Waals surface area contributed by atoms with Crippen molar-refractivity contribution in [3.63, 3.8) is 0 Å². The number of nitrogens with one attached hydrogen (secondary N) is 2. The molecule has 1 saturated heterocycles. The van der Waals surface area contributed by atoms with Gasteiger partial charge in [0.25, 0.3) is 15.9 Å². The number of hydrogen-bond donors (Lipinski definition) is 2. The van der Waals surface area contributed by atoms with Crippen LogP contribution >= 0.6 is 11.6 Å². The predicted molar refractivity (Wildman–Crippen MR) is 138 cm³/mol. The van der Waals surface area contributed by atoms with Crippen LogP contribution in [0.15, 0.2) is 76.5 Å². The minimum absolute atomic E-state index is 0.0136. The molecule has 3 aromatic rings. The summed E-state index contributed by atoms with van der Waals surface area (Å²) in [5.41, 5.74) is -1.41. The largest absolute Gasteiger partial charge is 0.416 e. The topological polar surface area (TPSA) is 122 Å². The van der Waals surface area contributed by atoms with E-state index < -0.39 is 42.6 Å². The average Bonchev–Trinajstić information content (AvgIpc) is 2.90. The van der Waals surface area contributed by atoms with Crippen LogP contribution in [0, 0.1) is 0 Å². The number of benzene rings is 3. The number of carbonyl (C=O) groups is 1. The zero-order valence-electron chi connectivity index (χ0n) is 19.9. The third-order valence-electron chi connectivity index (χ3n) is 5.66. The summed E-state index contributed by atoms with van der Waals surface area (Å²) < 4.78 is 99.1. The Kier molecular flexibility index (Phi) is 8.23. The molecule has 0 bridgehead atoms. The Morgan fingerprint density at radius 3 is 2.21 bits per heavy atom. The highest BCUT2D eigenvalue weighted by molar-refractivity contribution is 7.92. The fraction of sp³-hybridized carbons (Fsp3) is 0.208. The number of carbonyl (C=O) groups excluding carboxylic acids is 1. The Morgan fingerprint density at radius 2 is 1.56 bits per heavy atom. The van der Waals surface area contributed by atoms with Crippen LogP contribution < -0.4 is 10.0 Å². The molecular weight excluding hydrogens is 583 g/mol. The van der Waals surface area contributed by atoms with E-state index in [0.717, 1.165) is 18.2 Å². The zero-order valence-corrected chi connectivity index (χ0v) is 22.3. The van der Waals surface area contributed by atoms with Gasteiger partial charge in [0.1, 0.15) is 0 Å². The van der Waals surface area contributed by atoms with Gasteiger partial charge in [0, 0.05) is 23.8 Å². The SMILES string of the molecule is O=C(Nc1ccc(S(=O)(=O)N2CCOCC2)cc1)c1cc(Cl)ccc1NS(=O)(=O)c1cccc(C(F)(F)F)c1. The molecule has 4 rings (SSSR count). The van der Waals surface area contributed by atoms with E-state index in [1.165, 1.54) is 46.8 Å². The van der Waals surface area contributed by atoms with Gasteiger partial charge in [-0.15, -0.1) is 0 Å². The molecule has 9 nitrogen and oxygen atoms in total. The van der Waals surface area contributed by atoms with Crippen molar-refractivity contribution in [3.8, 4) is 0 Å². The highest BCUT2D eigenvalue weighted by atomic mass is 35.5. The van der Waals surface area contributed by atoms with Crippen LogP contribution in [0.4, 0.5) is 24.5 Å². The number of ether oxygens (including phenoxy) is 1. The van der Waals surface area contributed by atoms with E-state index in [2.05, 4.69) is 10.0 Å². The number of alkyl halides is 3. The number of hydrogen-bond acceptors (Lipinski definition) is 6. The smallest absolute Gasteiger partial charge is 0.379 e. The first-order valence-corrected chi connectivity index (χ1v) is 14.6. The van der Waals surface area contributed by atoms with Gasteiger partial charge in [-0.1, -0.05) is 17.7 Å². The average molecular weight is 604 g/mol. The molecule has 1 amide bonds. The standard InChI is InChI=1S/C24H21ClF3N3O6S2/c25-17-4-9-22(30-38(33,34)20-3-1-2-16(14-20)24(26,27)28)21(15-17)23(32)29-18-5-7-19(8-6-18)39(35,36)31-10-12-37-13-11-31/h1-9,14-15,30H,10-13H2,(H,29,32). The summed E-state index contributed by atoms with van der Waals surface area (Å²) in [5.74, 6) is -0.803. The maximum Gasteiger partial charge on any atom is 0.416 e. The van der Waals surface area contributed by atoms with Crippen LogP contribution in [0.1, 0.15) is 15.9 Å². The van der Waals surface area contributed by atoms with Crippen LogP contribution in [-0.2, 0) is 31.0 Å². The first-order chi connectivity index (χ1) is 18.3. The molecule has 208 valence electrons. The summed E-state index contributed by atoms with van der Waals surface area (Å²) in [6, 6.07) is 12.2. The molecule has 15 heteroatoms. The van der Waals surface area contributed by atoms with Gasteiger partial charge in [0.05, 0.1) is 39.8 Å². The number of rotatable bonds is 7. The fourth-order valence-corrected chi connectivity index (χ4v) is 6.39. The number of anilines is 2. The third kappa shape index (κ3) is 6.70. The first-order valence-electron chi connectivity index (χ1n) is 11.3. The molecule has 0 aliphatic carbocycles. The van der Waals surface area contributed by atoms with E-state index in [-0.39, 0.29) is 53.2 Å². The van der Waals surface area contributed by atoms with Gasteiger partial charge in [0.15, 0.2) is 0 Å². The molecule has 3 aromatic carbocycles. The number of halogens is 4. The van der Waals surface area contributed by atoms with E-state index in [4.69, 9.17) is 16.3 Å². The summed E-state index contributed by atoms with van der Waals surface area (Å²) in [4.78, 5) is 12.4. The van der Waals surface area contributed by atoms with Crippen LogP contribution in [0.3, 0.4) is 0 Å². The minimum atomic E-state index is -4.76. The second kappa shape index (κ2) is 11.1. The fourth-order valence-electron chi connectivity index (χ4n) is 3.68. The predicted octanol–water partition coefficient (Wildman–Crippen LogP) is 4.43. The van der Waals surface area contributed by atoms with Crippen molar-refractivity contribution in [2.45, 2.75) is 16.0 Å². The van der Waals surface area contributed by atoms with Gasteiger partial charge in [0.2, 0.25) is 10.0 Å². The molecule has 2 N–H and O–H groups in total. The summed E-state index contributed by atoms with van der Waals surface area (Å²) in [7, 11) is -8.28. The van der Waals surface area contributed by atoms with Crippen LogP contribution in [0.25, 0.3) is 0 Å². The van der Waals surface area contributed by atoms with Crippen LogP contribution in [-0.4, -0.2) is 53.4 Å². The summed E-state index contributed by atoms with van der Waals surface area (Å²) in [6.45, 7) is 1.00. The second-order valence-corrected chi connectivity index (χ2v) is 12.4. The molecule has 0 atom stereocenters. The van der Waals surface area contributed by atoms with Crippen LogP contribution in [0.5, 0.6) is 0 Å². The summed E-state index contributed by atoms with van der Waals surface area (Å²) in [5, 5.41) is 2.62. The number of sulfonamides is 2. The Bertz CT molecular complexity index is 1590. The lowest BCUT2D eigenvalue weighted by Gasteiger charge is -2.26. The second-order valence-electron chi connectivity index (χ2n) is 8.32. The normalized spacial score (nSPS) is 15.1. The molecule has 39 heavy (non-hydrogen) atoms. The molecular formula is C24H21ClF3N3O6S2. The van der Waals surface area contributed by atoms with Gasteiger partial charge >= 0.3 is 6.18 Å². The maximum atomic E-state index is 13.1. The minimum Gasteiger partial charge on any atom is -0.379 e. The van der Waals surface area contributed by atoms with Gasteiger partial charge in [-0.25, -0.2) is 16.8 Å². The van der Waals surface area contributed by atoms with E-state index in [1.807, 2.05) is 0 Å². The Labute approximate surface area is 227 Å². The molecule has 1 aliphatic rings.